The number of nitrogens with zero attached hydrogens (tertiary/aromatic N) is 2. The van der Waals surface area contributed by atoms with Gasteiger partial charge in [-0.2, -0.15) is 0 Å². The van der Waals surface area contributed by atoms with Crippen molar-refractivity contribution in [3.8, 4) is 56.6 Å². The Bertz CT molecular complexity index is 2990. The van der Waals surface area contributed by atoms with E-state index in [9.17, 15) is 10.2 Å². The summed E-state index contributed by atoms with van der Waals surface area (Å²) < 4.78 is 18.2. The molecule has 2 aromatic heterocycles. The van der Waals surface area contributed by atoms with Gasteiger partial charge in [0.2, 0.25) is 0 Å². The van der Waals surface area contributed by atoms with Crippen LogP contribution in [-0.2, 0) is 0 Å². The Hall–Kier alpha value is -7.44. The largest absolute Gasteiger partial charge is 0.505 e. The van der Waals surface area contributed by atoms with E-state index in [0.717, 1.165) is 90.1 Å². The lowest BCUT2D eigenvalue weighted by Crippen LogP contribution is -2.27. The number of fused-ring (bicyclic) bond motifs is 6. The number of aryl methyl sites for hydroxylation is 2. The molecule has 0 spiro atoms. The predicted octanol–water partition coefficient (Wildman–Crippen LogP) is 14.6. The summed E-state index contributed by atoms with van der Waals surface area (Å²) in [6.07, 6.45) is 1.78. The van der Waals surface area contributed by atoms with Gasteiger partial charge in [0.25, 0.3) is 0 Å². The molecule has 312 valence electrons. The zero-order valence-corrected chi connectivity index (χ0v) is 36.0. The molecule has 0 radical (unpaired) electrons. The first-order valence-corrected chi connectivity index (χ1v) is 22.0. The van der Waals surface area contributed by atoms with Crippen LogP contribution in [0, 0.1) is 13.8 Å². The molecule has 0 amide bonds. The molecule has 0 aliphatic heterocycles. The van der Waals surface area contributed by atoms with E-state index >= 15 is 0 Å². The highest BCUT2D eigenvalue weighted by Crippen LogP contribution is 2.45. The fraction of sp³-hybridized carbons (Fsp3) is 0.158. The lowest BCUT2D eigenvalue weighted by molar-refractivity contribution is 0.106. The van der Waals surface area contributed by atoms with Crippen LogP contribution in [0.3, 0.4) is 0 Å². The Morgan fingerprint density at radius 3 is 1.08 bits per heavy atom. The standard InChI is InChI=1S/C57H50N2O4/c1-5-38(62-54-29-17-11-23-44(54)46-31-36(3)33-52(56(46)60)58-48-25-13-7-19-40(48)41-20-8-14-26-49(41)58)35-39(6-2)63-55-30-18-12-24-45(55)47-32-37(4)34-53(57(47)61)59-50-27-15-9-21-42(50)43-22-10-16-28-51(43)59/h7-34,38-39,60-61H,5-6,35H2,1-4H3/t38-,39?/m1/s1. The third-order valence-electron chi connectivity index (χ3n) is 12.5. The van der Waals surface area contributed by atoms with E-state index in [2.05, 4.69) is 122 Å². The normalized spacial score (nSPS) is 12.6. The first-order chi connectivity index (χ1) is 30.8. The van der Waals surface area contributed by atoms with Gasteiger partial charge in [0.05, 0.1) is 33.4 Å². The molecule has 10 rings (SSSR count). The van der Waals surface area contributed by atoms with Crippen LogP contribution >= 0.6 is 0 Å². The summed E-state index contributed by atoms with van der Waals surface area (Å²) in [5.74, 6) is 1.80. The zero-order chi connectivity index (χ0) is 43.2. The molecule has 0 aliphatic rings. The van der Waals surface area contributed by atoms with Crippen molar-refractivity contribution in [2.24, 2.45) is 0 Å². The van der Waals surface area contributed by atoms with Gasteiger partial charge in [0, 0.05) is 50.2 Å². The molecule has 0 fully saturated rings. The maximum Gasteiger partial charge on any atom is 0.147 e. The zero-order valence-electron chi connectivity index (χ0n) is 36.0. The van der Waals surface area contributed by atoms with E-state index in [1.54, 1.807) is 0 Å². The molecule has 0 saturated heterocycles. The molecule has 6 heteroatoms. The number of benzene rings is 8. The van der Waals surface area contributed by atoms with Crippen molar-refractivity contribution in [3.63, 3.8) is 0 Å². The van der Waals surface area contributed by atoms with Crippen LogP contribution in [0.1, 0.15) is 44.2 Å². The summed E-state index contributed by atoms with van der Waals surface area (Å²) in [5, 5.41) is 29.0. The Morgan fingerprint density at radius 2 is 0.730 bits per heavy atom. The fourth-order valence-electron chi connectivity index (χ4n) is 9.47. The van der Waals surface area contributed by atoms with Gasteiger partial charge >= 0.3 is 0 Å². The molecule has 0 aliphatic carbocycles. The molecule has 6 nitrogen and oxygen atoms in total. The minimum Gasteiger partial charge on any atom is -0.505 e. The monoisotopic (exact) mass is 826 g/mol. The highest BCUT2D eigenvalue weighted by Gasteiger charge is 2.25. The minimum absolute atomic E-state index is 0.179. The highest BCUT2D eigenvalue weighted by atomic mass is 16.5. The number of aromatic nitrogens is 2. The third kappa shape index (κ3) is 7.02. The molecular weight excluding hydrogens is 777 g/mol. The van der Waals surface area contributed by atoms with Gasteiger partial charge in [-0.15, -0.1) is 0 Å². The molecule has 1 unspecified atom stereocenters. The van der Waals surface area contributed by atoms with Crippen LogP contribution in [0.2, 0.25) is 0 Å². The van der Waals surface area contributed by atoms with Crippen LogP contribution < -0.4 is 9.47 Å². The molecule has 2 heterocycles. The molecule has 8 aromatic carbocycles. The van der Waals surface area contributed by atoms with Crippen molar-refractivity contribution >= 4 is 43.6 Å². The second-order valence-electron chi connectivity index (χ2n) is 16.6. The van der Waals surface area contributed by atoms with E-state index in [1.165, 1.54) is 0 Å². The number of ether oxygens (including phenoxy) is 2. The summed E-state index contributed by atoms with van der Waals surface area (Å²) in [7, 11) is 0. The van der Waals surface area contributed by atoms with Gasteiger partial charge in [0.1, 0.15) is 35.2 Å². The number of phenols is 2. The van der Waals surface area contributed by atoms with E-state index in [4.69, 9.17) is 9.47 Å². The number of para-hydroxylation sites is 6. The third-order valence-corrected chi connectivity index (χ3v) is 12.5. The van der Waals surface area contributed by atoms with Crippen LogP contribution in [0.25, 0.3) is 77.2 Å². The Kier molecular flexibility index (Phi) is 10.4. The molecule has 0 saturated carbocycles. The Labute approximate surface area is 367 Å². The second-order valence-corrected chi connectivity index (χ2v) is 16.6. The Morgan fingerprint density at radius 1 is 0.413 bits per heavy atom. The van der Waals surface area contributed by atoms with Gasteiger partial charge in [-0.25, -0.2) is 0 Å². The quantitative estimate of drug-likeness (QED) is 0.129. The average molecular weight is 827 g/mol. The van der Waals surface area contributed by atoms with Crippen LogP contribution in [-0.4, -0.2) is 31.6 Å². The molecule has 2 atom stereocenters. The highest BCUT2D eigenvalue weighted by molar-refractivity contribution is 6.10. The smallest absolute Gasteiger partial charge is 0.147 e. The van der Waals surface area contributed by atoms with Crippen molar-refractivity contribution in [1.82, 2.24) is 9.13 Å². The second kappa shape index (κ2) is 16.4. The summed E-state index contributed by atoms with van der Waals surface area (Å²) in [6, 6.07) is 57.6. The van der Waals surface area contributed by atoms with Gasteiger partial charge in [-0.3, -0.25) is 0 Å². The summed E-state index contributed by atoms with van der Waals surface area (Å²) in [5.41, 5.74) is 10.7. The average Bonchev–Trinajstić information content (AvgIpc) is 3.83. The summed E-state index contributed by atoms with van der Waals surface area (Å²) >= 11 is 0. The maximum absolute atomic E-state index is 12.2. The Balaban J connectivity index is 0.961. The number of hydrogen-bond acceptors (Lipinski definition) is 4. The minimum atomic E-state index is -0.179. The molecular formula is C57H50N2O4. The van der Waals surface area contributed by atoms with Crippen molar-refractivity contribution in [2.75, 3.05) is 0 Å². The maximum atomic E-state index is 12.2. The molecule has 2 N–H and O–H groups in total. The lowest BCUT2D eigenvalue weighted by Gasteiger charge is -2.26. The first-order valence-electron chi connectivity index (χ1n) is 22.0. The number of phenolic OH excluding ortho intramolecular Hbond substituents is 2. The van der Waals surface area contributed by atoms with Gasteiger partial charge in [-0.05, 0) is 98.5 Å². The van der Waals surface area contributed by atoms with Gasteiger partial charge in [0.15, 0.2) is 0 Å². The molecule has 0 bridgehead atoms. The SMILES string of the molecule is CCC(C[C@@H](CC)Oc1ccccc1-c1cc(C)cc(-n2c3ccccc3c3ccccc32)c1O)Oc1ccccc1-c1cc(C)cc(-n2c3ccccc3c3ccccc32)c1O. The van der Waals surface area contributed by atoms with E-state index in [0.29, 0.717) is 29.0 Å². The molecule has 10 aromatic rings. The van der Waals surface area contributed by atoms with E-state index in [1.807, 2.05) is 84.9 Å². The van der Waals surface area contributed by atoms with Gasteiger partial charge in [-0.1, -0.05) is 123 Å². The van der Waals surface area contributed by atoms with Crippen LogP contribution in [0.15, 0.2) is 170 Å². The summed E-state index contributed by atoms with van der Waals surface area (Å²) in [4.78, 5) is 0. The predicted molar refractivity (Wildman–Crippen MR) is 259 cm³/mol. The topological polar surface area (TPSA) is 68.8 Å². The lowest BCUT2D eigenvalue weighted by atomic mass is 9.99. The fourth-order valence-corrected chi connectivity index (χ4v) is 9.47. The van der Waals surface area contributed by atoms with Crippen LogP contribution in [0.4, 0.5) is 0 Å². The number of hydrogen-bond donors (Lipinski definition) is 2. The van der Waals surface area contributed by atoms with Crippen LogP contribution in [0.5, 0.6) is 23.0 Å². The first kappa shape index (κ1) is 39.7. The van der Waals surface area contributed by atoms with Crippen molar-refractivity contribution in [2.45, 2.75) is 59.2 Å². The molecule has 63 heavy (non-hydrogen) atoms. The van der Waals surface area contributed by atoms with E-state index in [-0.39, 0.29) is 23.7 Å². The summed E-state index contributed by atoms with van der Waals surface area (Å²) in [6.45, 7) is 8.42. The van der Waals surface area contributed by atoms with Crippen molar-refractivity contribution in [3.05, 3.63) is 181 Å². The van der Waals surface area contributed by atoms with E-state index < -0.39 is 0 Å². The van der Waals surface area contributed by atoms with Crippen molar-refractivity contribution in [1.29, 1.82) is 0 Å². The van der Waals surface area contributed by atoms with Crippen molar-refractivity contribution < 1.29 is 19.7 Å². The number of aromatic hydroxyl groups is 2. The number of rotatable bonds is 12. The van der Waals surface area contributed by atoms with Gasteiger partial charge < -0.3 is 28.8 Å².